The molecule has 0 fully saturated rings. The first kappa shape index (κ1) is 47.7. The number of hydrogen-bond acceptors (Lipinski definition) is 0. The Bertz CT molecular complexity index is 5000. The van der Waals surface area contributed by atoms with E-state index in [-0.39, 0.29) is 0 Å². The summed E-state index contributed by atoms with van der Waals surface area (Å²) in [7, 11) is 0. The fourth-order valence-corrected chi connectivity index (χ4v) is 13.6. The minimum absolute atomic E-state index is 1.14. The summed E-state index contributed by atoms with van der Waals surface area (Å²) in [5.41, 5.74) is 21.4. The lowest BCUT2D eigenvalue weighted by Crippen LogP contribution is -1.95. The van der Waals surface area contributed by atoms with Crippen LogP contribution in [0.2, 0.25) is 0 Å². The Hall–Kier alpha value is -11.1. The third-order valence-corrected chi connectivity index (χ3v) is 17.7. The van der Waals surface area contributed by atoms with Crippen molar-refractivity contribution in [3.05, 3.63) is 315 Å². The third kappa shape index (κ3) is 7.80. The Balaban J connectivity index is 0.859. The lowest BCUT2D eigenvalue weighted by molar-refractivity contribution is 1.18. The number of nitrogens with zero attached hydrogens (tertiary/aromatic N) is 2. The summed E-state index contributed by atoms with van der Waals surface area (Å²) < 4.78 is 4.79. The van der Waals surface area contributed by atoms with Gasteiger partial charge in [-0.05, 0) is 183 Å². The zero-order valence-corrected chi connectivity index (χ0v) is 45.9. The van der Waals surface area contributed by atoms with E-state index in [9.17, 15) is 0 Å². The number of hydrogen-bond donors (Lipinski definition) is 0. The molecule has 2 aromatic heterocycles. The fourth-order valence-electron chi connectivity index (χ4n) is 13.6. The molecule has 15 aromatic carbocycles. The molecule has 390 valence electrons. The van der Waals surface area contributed by atoms with Gasteiger partial charge in [-0.2, -0.15) is 0 Å². The van der Waals surface area contributed by atoms with Gasteiger partial charge in [-0.3, -0.25) is 0 Å². The SMILES string of the molecule is c1ccc2cc(-c3ccc(-c4c5ccc(-c6ccc(-n7c8ccccc8c8ccccc87)cc6)cc5c(-c5ccc(-c6ccc7ccccc7c6)cc5)c5ccc(-c6ccc(-n7c8ccccc8c8ccccc87)cc6)cc45)cc3)ccc2c1. The first-order chi connectivity index (χ1) is 41.6. The first-order valence-corrected chi connectivity index (χ1v) is 29.0. The lowest BCUT2D eigenvalue weighted by Gasteiger charge is -2.20. The van der Waals surface area contributed by atoms with E-state index in [0.29, 0.717) is 0 Å². The second-order valence-electron chi connectivity index (χ2n) is 22.4. The minimum Gasteiger partial charge on any atom is -0.309 e. The molecule has 0 aliphatic heterocycles. The highest BCUT2D eigenvalue weighted by molar-refractivity contribution is 6.23. The molecule has 84 heavy (non-hydrogen) atoms. The van der Waals surface area contributed by atoms with Crippen molar-refractivity contribution in [3.8, 4) is 78.1 Å². The van der Waals surface area contributed by atoms with Gasteiger partial charge in [0.25, 0.3) is 0 Å². The summed E-state index contributed by atoms with van der Waals surface area (Å²) in [6.45, 7) is 0. The normalized spacial score (nSPS) is 11.8. The number of benzene rings is 15. The van der Waals surface area contributed by atoms with Gasteiger partial charge in [-0.15, -0.1) is 0 Å². The fraction of sp³-hybridized carbons (Fsp3) is 0. The van der Waals surface area contributed by atoms with E-state index in [1.54, 1.807) is 0 Å². The number of para-hydroxylation sites is 4. The van der Waals surface area contributed by atoms with E-state index in [2.05, 4.69) is 325 Å². The second-order valence-corrected chi connectivity index (χ2v) is 22.4. The van der Waals surface area contributed by atoms with Crippen molar-refractivity contribution in [3.63, 3.8) is 0 Å². The molecule has 0 radical (unpaired) electrons. The van der Waals surface area contributed by atoms with Crippen molar-refractivity contribution in [1.29, 1.82) is 0 Å². The van der Waals surface area contributed by atoms with Crippen LogP contribution in [0.3, 0.4) is 0 Å². The highest BCUT2D eigenvalue weighted by Gasteiger charge is 2.21. The number of aromatic nitrogens is 2. The number of rotatable bonds is 8. The highest BCUT2D eigenvalue weighted by Crippen LogP contribution is 2.47. The average molecular weight is 1070 g/mol. The van der Waals surface area contributed by atoms with Crippen LogP contribution < -0.4 is 0 Å². The molecular formula is C82H52N2. The molecule has 0 unspecified atom stereocenters. The standard InChI is InChI=1S/C82H52N2/c1-3-15-61-49-63(35-29-53(61)13-1)55-25-31-59(32-26-55)81-73-47-41-66(58-39-45-68(46-40-58)84-79-23-11-7-19-71(79)72-20-8-12-24-80(72)84)52-76(73)82(60-33-27-56(28-34-60)64-36-30-54-14-2-4-16-62(54)50-64)74-48-42-65(51-75(74)81)57-37-43-67(44-38-57)83-77-21-9-5-17-69(77)70-18-6-10-22-78(70)83/h1-52H. The molecule has 0 saturated heterocycles. The maximum atomic E-state index is 2.45. The van der Waals surface area contributed by atoms with Crippen molar-refractivity contribution >= 4 is 86.7 Å². The van der Waals surface area contributed by atoms with Crippen LogP contribution in [0.1, 0.15) is 0 Å². The van der Waals surface area contributed by atoms with Crippen molar-refractivity contribution < 1.29 is 0 Å². The van der Waals surface area contributed by atoms with Crippen LogP contribution in [0.4, 0.5) is 0 Å². The van der Waals surface area contributed by atoms with Gasteiger partial charge in [0.15, 0.2) is 0 Å². The van der Waals surface area contributed by atoms with Crippen molar-refractivity contribution in [2.75, 3.05) is 0 Å². The van der Waals surface area contributed by atoms with Crippen molar-refractivity contribution in [1.82, 2.24) is 9.13 Å². The highest BCUT2D eigenvalue weighted by atomic mass is 15.0. The van der Waals surface area contributed by atoms with E-state index >= 15 is 0 Å². The molecular weight excluding hydrogens is 1010 g/mol. The zero-order valence-electron chi connectivity index (χ0n) is 45.9. The average Bonchev–Trinajstić information content (AvgIpc) is 2.80. The van der Waals surface area contributed by atoms with E-state index < -0.39 is 0 Å². The van der Waals surface area contributed by atoms with E-state index in [0.717, 1.165) is 11.4 Å². The second kappa shape index (κ2) is 19.3. The van der Waals surface area contributed by atoms with Crippen LogP contribution in [0.25, 0.3) is 165 Å². The van der Waals surface area contributed by atoms with Crippen LogP contribution >= 0.6 is 0 Å². The van der Waals surface area contributed by atoms with Gasteiger partial charge < -0.3 is 9.13 Å². The Morgan fingerprint density at radius 2 is 0.417 bits per heavy atom. The molecule has 2 heteroatoms. The molecule has 2 nitrogen and oxygen atoms in total. The summed E-state index contributed by atoms with van der Waals surface area (Å²) >= 11 is 0. The predicted molar refractivity (Wildman–Crippen MR) is 358 cm³/mol. The van der Waals surface area contributed by atoms with E-state index in [4.69, 9.17) is 0 Å². The zero-order chi connectivity index (χ0) is 55.2. The van der Waals surface area contributed by atoms with E-state index in [1.165, 1.54) is 153 Å². The summed E-state index contributed by atoms with van der Waals surface area (Å²) in [5, 5.41) is 14.8. The molecule has 0 bridgehead atoms. The predicted octanol–water partition coefficient (Wildman–Crippen LogP) is 22.5. The van der Waals surface area contributed by atoms with Crippen LogP contribution in [-0.4, -0.2) is 9.13 Å². The topological polar surface area (TPSA) is 9.86 Å². The third-order valence-electron chi connectivity index (χ3n) is 17.7. The van der Waals surface area contributed by atoms with Crippen molar-refractivity contribution in [2.45, 2.75) is 0 Å². The van der Waals surface area contributed by atoms with Crippen LogP contribution in [0.5, 0.6) is 0 Å². The first-order valence-electron chi connectivity index (χ1n) is 29.0. The molecule has 2 heterocycles. The van der Waals surface area contributed by atoms with Gasteiger partial charge in [0.05, 0.1) is 22.1 Å². The number of fused-ring (bicyclic) bond motifs is 10. The van der Waals surface area contributed by atoms with Crippen molar-refractivity contribution in [2.24, 2.45) is 0 Å². The summed E-state index contributed by atoms with van der Waals surface area (Å²) in [6.07, 6.45) is 0. The summed E-state index contributed by atoms with van der Waals surface area (Å²) in [4.78, 5) is 0. The molecule has 0 atom stereocenters. The monoisotopic (exact) mass is 1060 g/mol. The van der Waals surface area contributed by atoms with Gasteiger partial charge in [0.2, 0.25) is 0 Å². The molecule has 17 aromatic rings. The minimum atomic E-state index is 1.14. The van der Waals surface area contributed by atoms with Gasteiger partial charge in [0.1, 0.15) is 0 Å². The Labute approximate surface area is 486 Å². The van der Waals surface area contributed by atoms with Gasteiger partial charge in [-0.25, -0.2) is 0 Å². The molecule has 0 spiro atoms. The summed E-state index contributed by atoms with van der Waals surface area (Å²) in [5.74, 6) is 0. The van der Waals surface area contributed by atoms with Gasteiger partial charge >= 0.3 is 0 Å². The Morgan fingerprint density at radius 1 is 0.155 bits per heavy atom. The smallest absolute Gasteiger partial charge is 0.0541 e. The summed E-state index contributed by atoms with van der Waals surface area (Å²) in [6, 6.07) is 117. The largest absolute Gasteiger partial charge is 0.309 e. The maximum Gasteiger partial charge on any atom is 0.0541 e. The quantitative estimate of drug-likeness (QED) is 0.134. The van der Waals surface area contributed by atoms with Crippen LogP contribution in [0, 0.1) is 0 Å². The molecule has 0 saturated carbocycles. The molecule has 17 rings (SSSR count). The molecule has 0 N–H and O–H groups in total. The molecule has 0 aliphatic rings. The molecule has 0 aliphatic carbocycles. The van der Waals surface area contributed by atoms with E-state index in [1.807, 2.05) is 0 Å². The Morgan fingerprint density at radius 3 is 0.774 bits per heavy atom. The molecule has 0 amide bonds. The maximum absolute atomic E-state index is 2.45. The lowest BCUT2D eigenvalue weighted by atomic mass is 9.83. The van der Waals surface area contributed by atoms with Crippen LogP contribution in [-0.2, 0) is 0 Å². The van der Waals surface area contributed by atoms with Gasteiger partial charge in [-0.1, -0.05) is 243 Å². The Kier molecular flexibility index (Phi) is 11.0. The van der Waals surface area contributed by atoms with Crippen LogP contribution in [0.15, 0.2) is 315 Å². The van der Waals surface area contributed by atoms with Gasteiger partial charge in [0, 0.05) is 32.9 Å².